The van der Waals surface area contributed by atoms with Crippen molar-refractivity contribution in [2.24, 2.45) is 4.99 Å². The van der Waals surface area contributed by atoms with Gasteiger partial charge in [0, 0.05) is 11.5 Å². The van der Waals surface area contributed by atoms with Gasteiger partial charge < -0.3 is 10.0 Å². The molecule has 2 heterocycles. The molecule has 0 spiro atoms. The van der Waals surface area contributed by atoms with Crippen LogP contribution in [0.4, 0.5) is 0 Å². The summed E-state index contributed by atoms with van der Waals surface area (Å²) in [6.07, 6.45) is 0.630. The van der Waals surface area contributed by atoms with Crippen molar-refractivity contribution in [3.8, 4) is 0 Å². The van der Waals surface area contributed by atoms with Gasteiger partial charge >= 0.3 is 5.97 Å². The lowest BCUT2D eigenvalue weighted by atomic mass is 9.92. The van der Waals surface area contributed by atoms with Crippen LogP contribution in [0.25, 0.3) is 0 Å². The largest absolute Gasteiger partial charge is 0.479 e. The monoisotopic (exact) mass is 350 g/mol. The van der Waals surface area contributed by atoms with Crippen molar-refractivity contribution in [1.82, 2.24) is 4.90 Å². The van der Waals surface area contributed by atoms with Crippen molar-refractivity contribution in [2.75, 3.05) is 0 Å². The smallest absolute Gasteiger partial charge is 0.335 e. The Balaban J connectivity index is 1.79. The van der Waals surface area contributed by atoms with Gasteiger partial charge in [0.05, 0.1) is 5.04 Å². The number of benzene rings is 1. The second kappa shape index (κ2) is 5.69. The number of thioether (sulfide) groups is 1. The highest BCUT2D eigenvalue weighted by Gasteiger charge is 2.61. The number of carbonyl (C=O) groups is 2. The van der Waals surface area contributed by atoms with E-state index in [-0.39, 0.29) is 16.3 Å². The van der Waals surface area contributed by atoms with Crippen molar-refractivity contribution in [3.05, 3.63) is 47.5 Å². The summed E-state index contributed by atoms with van der Waals surface area (Å²) in [4.78, 5) is 29.7. The zero-order valence-electron chi connectivity index (χ0n) is 12.4. The van der Waals surface area contributed by atoms with E-state index in [4.69, 9.17) is 11.6 Å². The maximum Gasteiger partial charge on any atom is 0.335 e. The van der Waals surface area contributed by atoms with Crippen LogP contribution in [-0.4, -0.2) is 43.9 Å². The molecule has 0 saturated carbocycles. The van der Waals surface area contributed by atoms with E-state index in [0.717, 1.165) is 10.6 Å². The lowest BCUT2D eigenvalue weighted by Crippen LogP contribution is -2.71. The molecule has 3 rings (SSSR count). The van der Waals surface area contributed by atoms with Crippen molar-refractivity contribution in [3.63, 3.8) is 0 Å². The summed E-state index contributed by atoms with van der Waals surface area (Å²) in [7, 11) is 0. The van der Waals surface area contributed by atoms with Gasteiger partial charge in [-0.1, -0.05) is 60.3 Å². The number of nitrogens with zero attached hydrogens (tertiary/aromatic N) is 2. The van der Waals surface area contributed by atoms with Gasteiger partial charge in [0.25, 0.3) is 5.91 Å². The molecule has 0 bridgehead atoms. The fourth-order valence-electron chi connectivity index (χ4n) is 2.69. The average Bonchev–Trinajstić information content (AvgIpc) is 2.86. The number of aliphatic imine (C=N–C) groups is 1. The Kier molecular flexibility index (Phi) is 3.98. The number of likely N-dealkylation sites (tertiary alicyclic amines) is 1. The Morgan fingerprint density at radius 3 is 2.70 bits per heavy atom. The summed E-state index contributed by atoms with van der Waals surface area (Å²) in [6.45, 7) is 4.93. The quantitative estimate of drug-likeness (QED) is 0.828. The van der Waals surface area contributed by atoms with Crippen molar-refractivity contribution >= 4 is 40.3 Å². The second-order valence-corrected chi connectivity index (χ2v) is 7.28. The van der Waals surface area contributed by atoms with E-state index in [9.17, 15) is 14.7 Å². The van der Waals surface area contributed by atoms with Gasteiger partial charge in [-0.2, -0.15) is 0 Å². The predicted molar refractivity (Wildman–Crippen MR) is 90.6 cm³/mol. The molecule has 3 unspecified atom stereocenters. The molecule has 1 aromatic rings. The van der Waals surface area contributed by atoms with Crippen LogP contribution in [0, 0.1) is 0 Å². The van der Waals surface area contributed by atoms with E-state index >= 15 is 0 Å². The molecule has 1 fully saturated rings. The summed E-state index contributed by atoms with van der Waals surface area (Å²) >= 11 is 7.31. The van der Waals surface area contributed by atoms with Gasteiger partial charge in [-0.3, -0.25) is 9.79 Å². The van der Waals surface area contributed by atoms with E-state index in [1.165, 1.54) is 23.6 Å². The Morgan fingerprint density at radius 1 is 1.48 bits per heavy atom. The summed E-state index contributed by atoms with van der Waals surface area (Å²) in [5.41, 5.74) is -0.522. The molecule has 0 radical (unpaired) electrons. The highest BCUT2D eigenvalue weighted by atomic mass is 35.5. The fraction of sp³-hybridized carbons (Fsp3) is 0.312. The third-order valence-corrected chi connectivity index (χ3v) is 5.78. The SMILES string of the molecule is C=C(Cl)C(C)(C(=O)O)N1C(=O)C2N=C(Cc3ccccc3)SC21. The van der Waals surface area contributed by atoms with Crippen LogP contribution in [0.3, 0.4) is 0 Å². The fourth-order valence-corrected chi connectivity index (χ4v) is 4.29. The first-order chi connectivity index (χ1) is 10.9. The number of carboxylic acids is 1. The van der Waals surface area contributed by atoms with Crippen LogP contribution in [0.2, 0.25) is 0 Å². The molecule has 1 saturated heterocycles. The summed E-state index contributed by atoms with van der Waals surface area (Å²) in [5.74, 6) is -1.52. The summed E-state index contributed by atoms with van der Waals surface area (Å²) in [5, 5.41) is 9.90. The maximum atomic E-state index is 12.3. The van der Waals surface area contributed by atoms with E-state index in [2.05, 4.69) is 11.6 Å². The lowest BCUT2D eigenvalue weighted by molar-refractivity contribution is -0.164. The highest BCUT2D eigenvalue weighted by Crippen LogP contribution is 2.46. The lowest BCUT2D eigenvalue weighted by Gasteiger charge is -2.49. The van der Waals surface area contributed by atoms with Crippen LogP contribution in [0.1, 0.15) is 12.5 Å². The topological polar surface area (TPSA) is 70.0 Å². The van der Waals surface area contributed by atoms with Gasteiger partial charge in [0.15, 0.2) is 11.6 Å². The molecular formula is C16H15ClN2O3S. The number of hydrogen-bond donors (Lipinski definition) is 1. The minimum absolute atomic E-state index is 0.0890. The minimum atomic E-state index is -1.62. The second-order valence-electron chi connectivity index (χ2n) is 5.63. The molecule has 0 aliphatic carbocycles. The van der Waals surface area contributed by atoms with E-state index in [1.807, 2.05) is 30.3 Å². The molecule has 2 aliphatic heterocycles. The number of carboxylic acid groups (broad SMARTS) is 1. The predicted octanol–water partition coefficient (Wildman–Crippen LogP) is 2.51. The highest BCUT2D eigenvalue weighted by molar-refractivity contribution is 8.14. The van der Waals surface area contributed by atoms with E-state index in [0.29, 0.717) is 6.42 Å². The molecule has 1 amide bonds. The zero-order valence-corrected chi connectivity index (χ0v) is 14.0. The van der Waals surface area contributed by atoms with Gasteiger partial charge in [0.2, 0.25) is 0 Å². The standard InChI is InChI=1S/C16H15ClN2O3S/c1-9(17)16(2,15(21)22)19-13(20)12-14(19)23-11(18-12)8-10-6-4-3-5-7-10/h3-7,12,14H,1,8H2,2H3,(H,21,22). The number of halogens is 1. The van der Waals surface area contributed by atoms with Crippen LogP contribution < -0.4 is 0 Å². The Hall–Kier alpha value is -1.79. The molecule has 7 heteroatoms. The van der Waals surface area contributed by atoms with E-state index < -0.39 is 17.6 Å². The molecule has 1 N–H and O–H groups in total. The van der Waals surface area contributed by atoms with Crippen LogP contribution in [-0.2, 0) is 16.0 Å². The van der Waals surface area contributed by atoms with Gasteiger partial charge in [-0.15, -0.1) is 0 Å². The Labute approximate surface area is 143 Å². The molecule has 5 nitrogen and oxygen atoms in total. The Morgan fingerprint density at radius 2 is 2.13 bits per heavy atom. The number of hydrogen-bond acceptors (Lipinski definition) is 4. The normalized spacial score (nSPS) is 25.2. The number of carbonyl (C=O) groups excluding carboxylic acids is 1. The van der Waals surface area contributed by atoms with Crippen molar-refractivity contribution in [2.45, 2.75) is 30.3 Å². The maximum absolute atomic E-state index is 12.3. The van der Waals surface area contributed by atoms with Crippen LogP contribution in [0.5, 0.6) is 0 Å². The minimum Gasteiger partial charge on any atom is -0.479 e. The summed E-state index contributed by atoms with van der Waals surface area (Å²) in [6, 6.07) is 9.29. The van der Waals surface area contributed by atoms with Crippen molar-refractivity contribution in [1.29, 1.82) is 0 Å². The third-order valence-electron chi connectivity index (χ3n) is 4.18. The number of fused-ring (bicyclic) bond motifs is 1. The molecule has 2 aliphatic rings. The number of β-lactam (4-membered cyclic amide) rings is 1. The number of amides is 1. The van der Waals surface area contributed by atoms with E-state index in [1.54, 1.807) is 0 Å². The first-order valence-electron chi connectivity index (χ1n) is 7.04. The van der Waals surface area contributed by atoms with Crippen LogP contribution in [0.15, 0.2) is 46.9 Å². The first kappa shape index (κ1) is 16.1. The zero-order chi connectivity index (χ0) is 16.8. The van der Waals surface area contributed by atoms with Gasteiger partial charge in [-0.25, -0.2) is 4.79 Å². The van der Waals surface area contributed by atoms with Crippen molar-refractivity contribution < 1.29 is 14.7 Å². The summed E-state index contributed by atoms with van der Waals surface area (Å²) < 4.78 is 0. The molecule has 120 valence electrons. The number of rotatable bonds is 5. The molecule has 0 aromatic heterocycles. The molecule has 23 heavy (non-hydrogen) atoms. The Bertz CT molecular complexity index is 705. The number of aliphatic carboxylic acids is 1. The molecule has 1 aromatic carbocycles. The first-order valence-corrected chi connectivity index (χ1v) is 8.30. The van der Waals surface area contributed by atoms with Gasteiger partial charge in [0.1, 0.15) is 5.37 Å². The van der Waals surface area contributed by atoms with Crippen LogP contribution >= 0.6 is 23.4 Å². The molecule has 3 atom stereocenters. The molecular weight excluding hydrogens is 336 g/mol. The average molecular weight is 351 g/mol. The third kappa shape index (κ3) is 2.46. The van der Waals surface area contributed by atoms with Gasteiger partial charge in [-0.05, 0) is 12.5 Å².